The second-order valence-electron chi connectivity index (χ2n) is 12.0. The lowest BCUT2D eigenvalue weighted by Gasteiger charge is -2.38. The number of fused-ring (bicyclic) bond motifs is 16. The van der Waals surface area contributed by atoms with E-state index in [1.165, 1.54) is 0 Å². The first kappa shape index (κ1) is 31.5. The Balaban J connectivity index is 1.19. The van der Waals surface area contributed by atoms with E-state index in [4.69, 9.17) is 4.74 Å². The van der Waals surface area contributed by atoms with Crippen LogP contribution in [0.2, 0.25) is 0 Å². The van der Waals surface area contributed by atoms with E-state index >= 15 is 0 Å². The molecule has 43 heavy (non-hydrogen) atoms. The van der Waals surface area contributed by atoms with Crippen LogP contribution >= 0.6 is 0 Å². The fourth-order valence-electron chi connectivity index (χ4n) is 6.00. The van der Waals surface area contributed by atoms with Gasteiger partial charge in [0.05, 0.1) is 16.7 Å². The van der Waals surface area contributed by atoms with Gasteiger partial charge in [0.1, 0.15) is 5.75 Å². The number of hydrogen-bond donors (Lipinski definition) is 7. The average molecular weight is 593 g/mol. The number of nitrogens with zero attached hydrogens (tertiary/aromatic N) is 1. The number of carbonyl (C=O) groups is 2. The first-order chi connectivity index (χ1) is 21.0. The van der Waals surface area contributed by atoms with Gasteiger partial charge in [-0.1, -0.05) is 31.2 Å². The van der Waals surface area contributed by atoms with Gasteiger partial charge < -0.3 is 42.0 Å². The van der Waals surface area contributed by atoms with Gasteiger partial charge in [-0.2, -0.15) is 0 Å². The summed E-state index contributed by atoms with van der Waals surface area (Å²) in [5.74, 6) is -0.0299. The zero-order chi connectivity index (χ0) is 30.0. The number of carbonyl (C=O) groups excluding carboxylic acids is 2. The number of benzene rings is 2. The van der Waals surface area contributed by atoms with Gasteiger partial charge in [0.25, 0.3) is 11.8 Å². The predicted molar refractivity (Wildman–Crippen MR) is 168 cm³/mol. The van der Waals surface area contributed by atoms with Crippen molar-refractivity contribution in [3.8, 4) is 5.75 Å². The van der Waals surface area contributed by atoms with Gasteiger partial charge in [-0.3, -0.25) is 9.59 Å². The third-order valence-electron chi connectivity index (χ3n) is 8.91. The molecule has 0 aromatic heterocycles. The van der Waals surface area contributed by atoms with Gasteiger partial charge in [-0.05, 0) is 36.2 Å². The molecule has 4 aliphatic rings. The molecule has 234 valence electrons. The third kappa shape index (κ3) is 8.18. The number of nitrogens with one attached hydrogen (secondary N) is 7. The van der Waals surface area contributed by atoms with Crippen LogP contribution in [0.15, 0.2) is 48.5 Å². The van der Waals surface area contributed by atoms with Crippen molar-refractivity contribution in [2.24, 2.45) is 5.41 Å². The van der Waals surface area contributed by atoms with Crippen molar-refractivity contribution in [1.29, 1.82) is 0 Å². The monoisotopic (exact) mass is 592 g/mol. The Morgan fingerprint density at radius 2 is 1.16 bits per heavy atom. The van der Waals surface area contributed by atoms with Crippen molar-refractivity contribution in [3.05, 3.63) is 65.2 Å². The molecule has 3 fully saturated rings. The molecule has 7 N–H and O–H groups in total. The zero-order valence-corrected chi connectivity index (χ0v) is 25.4. The maximum absolute atomic E-state index is 12.6. The number of amides is 2. The fraction of sp³-hybridized carbons (Fsp3) is 0.562. The van der Waals surface area contributed by atoms with Crippen molar-refractivity contribution < 1.29 is 14.3 Å². The molecular weight excluding hydrogens is 544 g/mol. The maximum Gasteiger partial charge on any atom is 0.264 e. The van der Waals surface area contributed by atoms with Gasteiger partial charge in [0, 0.05) is 90.5 Å². The molecule has 4 aliphatic heterocycles. The van der Waals surface area contributed by atoms with Gasteiger partial charge in [0.2, 0.25) is 0 Å². The highest BCUT2D eigenvalue weighted by Gasteiger charge is 2.35. The van der Waals surface area contributed by atoms with E-state index in [0.29, 0.717) is 23.4 Å². The van der Waals surface area contributed by atoms with Gasteiger partial charge >= 0.3 is 0 Å². The first-order valence-corrected chi connectivity index (χ1v) is 15.7. The van der Waals surface area contributed by atoms with E-state index < -0.39 is 0 Å². The minimum atomic E-state index is -0.320. The smallest absolute Gasteiger partial charge is 0.264 e. The van der Waals surface area contributed by atoms with Crippen LogP contribution in [0.4, 0.5) is 0 Å². The Kier molecular flexibility index (Phi) is 11.1. The number of rotatable bonds is 7. The summed E-state index contributed by atoms with van der Waals surface area (Å²) in [7, 11) is 0. The van der Waals surface area contributed by atoms with Crippen molar-refractivity contribution in [1.82, 2.24) is 42.1 Å². The predicted octanol–water partition coefficient (Wildman–Crippen LogP) is 0.109. The molecule has 0 radical (unpaired) electrons. The molecule has 0 atom stereocenters. The quantitative estimate of drug-likeness (QED) is 0.223. The number of ether oxygens (including phenoxy) is 1. The van der Waals surface area contributed by atoms with Gasteiger partial charge in [0.15, 0.2) is 6.73 Å². The van der Waals surface area contributed by atoms with Crippen LogP contribution in [-0.4, -0.2) is 108 Å². The molecule has 2 aromatic carbocycles. The standard InChI is InChI=1S/C32H48N8O3/c1-2-31-18-33-11-14-36-21-32(22-37-15-12-34-19-31,23-38-16-13-35-20-31)39-17-25-7-9-26(10-8-25)43-24-40-29(41)27-5-3-4-6-28(27)30(40)42/h3-10,33-39H,2,11-24H2,1H3. The molecule has 2 amide bonds. The lowest BCUT2D eigenvalue weighted by atomic mass is 9.84. The molecule has 4 heterocycles. The molecule has 0 spiro atoms. The molecule has 3 saturated heterocycles. The molecule has 2 aromatic rings. The van der Waals surface area contributed by atoms with Crippen molar-refractivity contribution >= 4 is 11.8 Å². The van der Waals surface area contributed by atoms with Crippen LogP contribution in [0.3, 0.4) is 0 Å². The zero-order valence-electron chi connectivity index (χ0n) is 25.4. The van der Waals surface area contributed by atoms with Crippen molar-refractivity contribution in [2.75, 3.05) is 85.3 Å². The minimum absolute atomic E-state index is 0.117. The lowest BCUT2D eigenvalue weighted by Crippen LogP contribution is -2.64. The fourth-order valence-corrected chi connectivity index (χ4v) is 6.00. The Bertz CT molecular complexity index is 1130. The molecule has 6 rings (SSSR count). The minimum Gasteiger partial charge on any atom is -0.473 e. The number of imide groups is 1. The SMILES string of the molecule is CCC12CNCCNCC(NCc3ccc(OCN4C(=O)c5ccccc5C4=O)cc3)(CNCCNC1)CNCCNC2. The summed E-state index contributed by atoms with van der Waals surface area (Å²) in [5, 5.41) is 26.1. The normalized spacial score (nSPS) is 26.1. The Hall–Kier alpha value is -2.90. The van der Waals surface area contributed by atoms with Crippen LogP contribution in [0.25, 0.3) is 0 Å². The summed E-state index contributed by atoms with van der Waals surface area (Å²) in [6.45, 7) is 13.9. The summed E-state index contributed by atoms with van der Waals surface area (Å²) in [4.78, 5) is 26.4. The maximum atomic E-state index is 12.6. The molecular formula is C32H48N8O3. The molecule has 0 unspecified atom stereocenters. The van der Waals surface area contributed by atoms with E-state index in [2.05, 4.69) is 44.1 Å². The first-order valence-electron chi connectivity index (χ1n) is 15.7. The Morgan fingerprint density at radius 3 is 1.63 bits per heavy atom. The summed E-state index contributed by atoms with van der Waals surface area (Å²) >= 11 is 0. The van der Waals surface area contributed by atoms with Gasteiger partial charge in [-0.25, -0.2) is 4.90 Å². The molecule has 0 aliphatic carbocycles. The van der Waals surface area contributed by atoms with Crippen molar-refractivity contribution in [3.63, 3.8) is 0 Å². The van der Waals surface area contributed by atoms with E-state index in [1.54, 1.807) is 24.3 Å². The van der Waals surface area contributed by atoms with E-state index in [1.807, 2.05) is 24.3 Å². The highest BCUT2D eigenvalue weighted by molar-refractivity contribution is 6.21. The Morgan fingerprint density at radius 1 is 0.698 bits per heavy atom. The molecule has 11 heteroatoms. The topological polar surface area (TPSA) is 131 Å². The summed E-state index contributed by atoms with van der Waals surface area (Å²) in [6, 6.07) is 14.7. The highest BCUT2D eigenvalue weighted by atomic mass is 16.5. The van der Waals surface area contributed by atoms with E-state index in [-0.39, 0.29) is 29.5 Å². The van der Waals surface area contributed by atoms with Crippen LogP contribution in [-0.2, 0) is 6.54 Å². The third-order valence-corrected chi connectivity index (χ3v) is 8.91. The average Bonchev–Trinajstić information content (AvgIpc) is 3.28. The summed E-state index contributed by atoms with van der Waals surface area (Å²) in [5.41, 5.74) is 1.99. The van der Waals surface area contributed by atoms with Crippen LogP contribution in [0, 0.1) is 5.41 Å². The van der Waals surface area contributed by atoms with Crippen LogP contribution < -0.4 is 42.0 Å². The van der Waals surface area contributed by atoms with Gasteiger partial charge in [-0.15, -0.1) is 0 Å². The molecule has 11 nitrogen and oxygen atoms in total. The second kappa shape index (κ2) is 15.2. The molecule has 2 bridgehead atoms. The molecule has 0 saturated carbocycles. The van der Waals surface area contributed by atoms with Crippen LogP contribution in [0.1, 0.15) is 39.6 Å². The highest BCUT2D eigenvalue weighted by Crippen LogP contribution is 2.23. The lowest BCUT2D eigenvalue weighted by molar-refractivity contribution is 0.0522. The number of hydrogen-bond acceptors (Lipinski definition) is 10. The van der Waals surface area contributed by atoms with E-state index in [9.17, 15) is 9.59 Å². The van der Waals surface area contributed by atoms with E-state index in [0.717, 1.165) is 95.4 Å². The summed E-state index contributed by atoms with van der Waals surface area (Å²) in [6.07, 6.45) is 1.13. The largest absolute Gasteiger partial charge is 0.473 e. The Labute approximate surface area is 255 Å². The second-order valence-corrected chi connectivity index (χ2v) is 12.0. The van der Waals surface area contributed by atoms with Crippen molar-refractivity contribution in [2.45, 2.75) is 25.4 Å². The summed E-state index contributed by atoms with van der Waals surface area (Å²) < 4.78 is 5.84. The van der Waals surface area contributed by atoms with Crippen LogP contribution in [0.5, 0.6) is 5.75 Å².